The normalized spacial score (nSPS) is 26.9. The number of carbonyl (C=O) groups is 4. The van der Waals surface area contributed by atoms with E-state index < -0.39 is 40.8 Å². The fraction of sp³-hybridized carbons (Fsp3) is 0.628. The number of ketones is 1. The number of carbonyl (C=O) groups excluding carboxylic acids is 3. The SMILES string of the molecule is CC[C@@H]1C[C@]1(CC(=O)[C@@H]1C[C@@H](Oc2cc(-c3nc(NC(C)C)sc3C)nc3c(Cl)c(OC)ccc23)CN1C(=O)[C@@H](CC(=O)OC1C[C@@H]2C[C@@H]2C1)C(C)(C)C)C(=O)O. The standard InChI is InChI=1S/C43H55ClN4O8S/c1-9-25-18-43(25,40(52)53)19-32(49)31-15-27(20-48(31)39(51)29(42(5,6)7)16-35(50)56-26-13-23-12-24(23)14-26)55-34-17-30(37-22(4)57-41(47-37)45-21(2)3)46-38-28(34)10-11-33(54-8)36(38)44/h10-11,17,21,23-27,29,31H,9,12-16,18-20H2,1-8H3,(H,45,47)(H,52,53)/t23-,24+,25-,26?,27-,29-,31+,43-/m1/s1. The highest BCUT2D eigenvalue weighted by Gasteiger charge is 2.61. The summed E-state index contributed by atoms with van der Waals surface area (Å²) in [4.78, 5) is 67.3. The predicted octanol–water partition coefficient (Wildman–Crippen LogP) is 8.35. The molecule has 1 aliphatic heterocycles. The van der Waals surface area contributed by atoms with Crippen LogP contribution in [0.1, 0.15) is 97.8 Å². The van der Waals surface area contributed by atoms with Crippen LogP contribution in [-0.4, -0.2) is 81.5 Å². The molecule has 3 aliphatic carbocycles. The van der Waals surface area contributed by atoms with Gasteiger partial charge in [-0.05, 0) is 81.8 Å². The Hall–Kier alpha value is -3.97. The molecule has 1 aromatic carbocycles. The number of pyridine rings is 1. The Morgan fingerprint density at radius 1 is 1.07 bits per heavy atom. The molecule has 8 atom stereocenters. The average molecular weight is 823 g/mol. The van der Waals surface area contributed by atoms with Gasteiger partial charge in [-0.3, -0.25) is 19.2 Å². The van der Waals surface area contributed by atoms with E-state index in [1.54, 1.807) is 6.07 Å². The van der Waals surface area contributed by atoms with E-state index in [0.29, 0.717) is 63.5 Å². The summed E-state index contributed by atoms with van der Waals surface area (Å²) in [5.41, 5.74) is -0.150. The number of likely N-dealkylation sites (tertiary alicyclic amines) is 1. The van der Waals surface area contributed by atoms with Crippen LogP contribution in [-0.2, 0) is 23.9 Å². The summed E-state index contributed by atoms with van der Waals surface area (Å²) in [6.07, 6.45) is 3.09. The van der Waals surface area contributed by atoms with Gasteiger partial charge in [-0.1, -0.05) is 45.7 Å². The van der Waals surface area contributed by atoms with E-state index in [9.17, 15) is 24.3 Å². The molecule has 14 heteroatoms. The van der Waals surface area contributed by atoms with Gasteiger partial charge in [0.15, 0.2) is 10.9 Å². The number of aryl methyl sites for hydroxylation is 1. The number of ether oxygens (including phenoxy) is 3. The number of rotatable bonds is 15. The summed E-state index contributed by atoms with van der Waals surface area (Å²) in [6.45, 7) is 13.8. The number of amides is 1. The molecule has 4 fully saturated rings. The Labute approximate surface area is 343 Å². The first-order chi connectivity index (χ1) is 26.9. The Morgan fingerprint density at radius 2 is 1.79 bits per heavy atom. The Balaban J connectivity index is 1.21. The number of aromatic nitrogens is 2. The van der Waals surface area contributed by atoms with Gasteiger partial charge in [-0.15, -0.1) is 11.3 Å². The monoisotopic (exact) mass is 822 g/mol. The lowest BCUT2D eigenvalue weighted by Crippen LogP contribution is -2.48. The quantitative estimate of drug-likeness (QED) is 0.142. The number of hydrogen-bond donors (Lipinski definition) is 2. The molecule has 1 amide bonds. The van der Waals surface area contributed by atoms with E-state index in [1.165, 1.54) is 29.8 Å². The number of nitrogens with zero attached hydrogens (tertiary/aromatic N) is 3. The zero-order valence-corrected chi connectivity index (χ0v) is 35.7. The number of nitrogens with one attached hydrogen (secondary N) is 1. The Kier molecular flexibility index (Phi) is 11.3. The first kappa shape index (κ1) is 41.2. The third-order valence-corrected chi connectivity index (χ3v) is 13.8. The molecule has 7 rings (SSSR count). The van der Waals surface area contributed by atoms with Crippen molar-refractivity contribution in [2.45, 2.75) is 124 Å². The summed E-state index contributed by atoms with van der Waals surface area (Å²) >= 11 is 8.39. The number of Topliss-reactive ketones (excluding diaryl/α,β-unsaturated/α-hetero) is 1. The molecule has 3 aromatic rings. The second-order valence-corrected chi connectivity index (χ2v) is 19.6. The molecule has 2 N–H and O–H groups in total. The largest absolute Gasteiger partial charge is 0.495 e. The van der Waals surface area contributed by atoms with Crippen molar-refractivity contribution in [2.75, 3.05) is 19.0 Å². The van der Waals surface area contributed by atoms with Gasteiger partial charge in [0, 0.05) is 35.2 Å². The third kappa shape index (κ3) is 8.33. The molecule has 0 bridgehead atoms. The lowest BCUT2D eigenvalue weighted by molar-refractivity contribution is -0.157. The summed E-state index contributed by atoms with van der Waals surface area (Å²) in [5, 5.41) is 15.3. The second kappa shape index (κ2) is 15.7. The van der Waals surface area contributed by atoms with Crippen LogP contribution in [0.4, 0.5) is 5.13 Å². The van der Waals surface area contributed by atoms with E-state index in [4.69, 9.17) is 35.8 Å². The number of aliphatic carboxylic acids is 1. The van der Waals surface area contributed by atoms with Gasteiger partial charge in [-0.25, -0.2) is 9.97 Å². The summed E-state index contributed by atoms with van der Waals surface area (Å²) in [6, 6.07) is 4.59. The van der Waals surface area contributed by atoms with Crippen molar-refractivity contribution in [1.82, 2.24) is 14.9 Å². The molecule has 0 radical (unpaired) electrons. The van der Waals surface area contributed by atoms with Crippen molar-refractivity contribution in [3.05, 3.63) is 28.1 Å². The van der Waals surface area contributed by atoms with Gasteiger partial charge in [0.2, 0.25) is 5.91 Å². The number of thiazole rings is 1. The third-order valence-electron chi connectivity index (χ3n) is 12.6. The minimum Gasteiger partial charge on any atom is -0.495 e. The average Bonchev–Trinajstić information content (AvgIpc) is 3.86. The summed E-state index contributed by atoms with van der Waals surface area (Å²) < 4.78 is 18.2. The van der Waals surface area contributed by atoms with Crippen molar-refractivity contribution >= 4 is 62.6 Å². The van der Waals surface area contributed by atoms with Gasteiger partial charge in [0.1, 0.15) is 34.4 Å². The van der Waals surface area contributed by atoms with Crippen molar-refractivity contribution < 1.29 is 38.5 Å². The molecule has 3 heterocycles. The maximum absolute atomic E-state index is 14.8. The van der Waals surface area contributed by atoms with Crippen LogP contribution in [0.2, 0.25) is 5.02 Å². The highest BCUT2D eigenvalue weighted by Crippen LogP contribution is 2.58. The number of benzene rings is 1. The maximum Gasteiger partial charge on any atom is 0.310 e. The second-order valence-electron chi connectivity index (χ2n) is 18.1. The molecule has 1 saturated heterocycles. The molecule has 308 valence electrons. The molecular formula is C43H55ClN4O8S. The van der Waals surface area contributed by atoms with Crippen LogP contribution in [0.5, 0.6) is 11.5 Å². The van der Waals surface area contributed by atoms with Crippen LogP contribution >= 0.6 is 22.9 Å². The molecule has 3 saturated carbocycles. The van der Waals surface area contributed by atoms with Gasteiger partial charge >= 0.3 is 11.9 Å². The van der Waals surface area contributed by atoms with E-state index in [0.717, 1.165) is 22.9 Å². The summed E-state index contributed by atoms with van der Waals surface area (Å²) in [7, 11) is 1.53. The van der Waals surface area contributed by atoms with Crippen LogP contribution in [0, 0.1) is 41.4 Å². The van der Waals surface area contributed by atoms with Crippen molar-refractivity contribution in [3.63, 3.8) is 0 Å². The van der Waals surface area contributed by atoms with Crippen LogP contribution in [0.25, 0.3) is 22.3 Å². The Bertz CT molecular complexity index is 2070. The molecule has 57 heavy (non-hydrogen) atoms. The smallest absolute Gasteiger partial charge is 0.310 e. The fourth-order valence-electron chi connectivity index (χ4n) is 9.16. The lowest BCUT2D eigenvalue weighted by Gasteiger charge is -2.35. The molecular weight excluding hydrogens is 768 g/mol. The first-order valence-corrected chi connectivity index (χ1v) is 21.5. The molecule has 4 aliphatic rings. The fourth-order valence-corrected chi connectivity index (χ4v) is 10.4. The topological polar surface area (TPSA) is 157 Å². The molecule has 0 spiro atoms. The van der Waals surface area contributed by atoms with E-state index in [-0.39, 0.29) is 55.6 Å². The lowest BCUT2D eigenvalue weighted by atomic mass is 9.77. The molecule has 2 aromatic heterocycles. The first-order valence-electron chi connectivity index (χ1n) is 20.3. The minimum atomic E-state index is -1.14. The number of halogens is 1. The zero-order chi connectivity index (χ0) is 41.1. The summed E-state index contributed by atoms with van der Waals surface area (Å²) in [5.74, 6) is -0.792. The van der Waals surface area contributed by atoms with Gasteiger partial charge in [0.25, 0.3) is 0 Å². The number of carboxylic acids is 1. The maximum atomic E-state index is 14.8. The van der Waals surface area contributed by atoms with E-state index in [1.807, 2.05) is 60.6 Å². The van der Waals surface area contributed by atoms with E-state index >= 15 is 0 Å². The highest BCUT2D eigenvalue weighted by molar-refractivity contribution is 7.16. The Morgan fingerprint density at radius 3 is 2.40 bits per heavy atom. The van der Waals surface area contributed by atoms with Gasteiger partial charge in [-0.2, -0.15) is 0 Å². The number of esters is 1. The highest BCUT2D eigenvalue weighted by atomic mass is 35.5. The molecule has 1 unspecified atom stereocenters. The number of methoxy groups -OCH3 is 1. The van der Waals surface area contributed by atoms with Gasteiger partial charge < -0.3 is 29.5 Å². The zero-order valence-electron chi connectivity index (χ0n) is 34.1. The van der Waals surface area contributed by atoms with Crippen LogP contribution in [0.15, 0.2) is 18.2 Å². The van der Waals surface area contributed by atoms with Crippen molar-refractivity contribution in [3.8, 4) is 22.9 Å². The van der Waals surface area contributed by atoms with Crippen molar-refractivity contribution in [1.29, 1.82) is 0 Å². The number of anilines is 1. The van der Waals surface area contributed by atoms with Gasteiger partial charge in [0.05, 0.1) is 48.7 Å². The minimum absolute atomic E-state index is 0.0569. The number of hydrogen-bond acceptors (Lipinski definition) is 11. The van der Waals surface area contributed by atoms with Crippen LogP contribution in [0.3, 0.4) is 0 Å². The number of fused-ring (bicyclic) bond motifs is 2. The van der Waals surface area contributed by atoms with Crippen LogP contribution < -0.4 is 14.8 Å². The molecule has 12 nitrogen and oxygen atoms in total. The predicted molar refractivity (Wildman–Crippen MR) is 219 cm³/mol. The van der Waals surface area contributed by atoms with E-state index in [2.05, 4.69) is 5.32 Å². The number of carboxylic acid groups (broad SMARTS) is 1. The van der Waals surface area contributed by atoms with Crippen molar-refractivity contribution in [2.24, 2.45) is 34.5 Å².